The number of aromatic nitrogens is 2. The molecule has 1 heterocycles. The average Bonchev–Trinajstić information content (AvgIpc) is 2.82. The second-order valence-electron chi connectivity index (χ2n) is 4.03. The van der Waals surface area contributed by atoms with Gasteiger partial charge in [-0.1, -0.05) is 23.4 Å². The second kappa shape index (κ2) is 6.24. The van der Waals surface area contributed by atoms with E-state index in [1.54, 1.807) is 42.2 Å². The van der Waals surface area contributed by atoms with Crippen LogP contribution in [0.25, 0.3) is 0 Å². The minimum Gasteiger partial charge on any atom is -0.320 e. The summed E-state index contributed by atoms with van der Waals surface area (Å²) in [6.07, 6.45) is 1.74. The lowest BCUT2D eigenvalue weighted by Crippen LogP contribution is -2.12. The van der Waals surface area contributed by atoms with Crippen molar-refractivity contribution in [2.45, 2.75) is 0 Å². The van der Waals surface area contributed by atoms with Gasteiger partial charge in [0.1, 0.15) is 0 Å². The molecular weight excluding hydrogens is 276 g/mol. The Morgan fingerprint density at radius 2 is 2.30 bits per heavy atom. The van der Waals surface area contributed by atoms with Gasteiger partial charge >= 0.3 is 0 Å². The van der Waals surface area contributed by atoms with Crippen LogP contribution in [0.4, 0.5) is 5.82 Å². The summed E-state index contributed by atoms with van der Waals surface area (Å²) >= 11 is 6.07. The molecule has 0 spiro atoms. The van der Waals surface area contributed by atoms with Crippen molar-refractivity contribution in [3.05, 3.63) is 46.6 Å². The fourth-order valence-corrected chi connectivity index (χ4v) is 1.80. The lowest BCUT2D eigenvalue weighted by molar-refractivity contribution is 0.102. The molecule has 0 aliphatic rings. The number of halogens is 1. The summed E-state index contributed by atoms with van der Waals surface area (Å²) in [5.74, 6) is 5.77. The molecule has 6 heteroatoms. The molecule has 102 valence electrons. The van der Waals surface area contributed by atoms with E-state index in [1.807, 2.05) is 0 Å². The molecule has 2 aromatic rings. The molecule has 2 rings (SSSR count). The van der Waals surface area contributed by atoms with Crippen LogP contribution in [0.5, 0.6) is 0 Å². The van der Waals surface area contributed by atoms with Crippen molar-refractivity contribution in [2.24, 2.45) is 12.8 Å². The number of nitrogens with zero attached hydrogens (tertiary/aromatic N) is 2. The van der Waals surface area contributed by atoms with E-state index in [0.29, 0.717) is 22.0 Å². The maximum atomic E-state index is 12.0. The van der Waals surface area contributed by atoms with Gasteiger partial charge in [-0.2, -0.15) is 5.10 Å². The Bertz CT molecular complexity index is 697. The van der Waals surface area contributed by atoms with Crippen molar-refractivity contribution in [3.63, 3.8) is 0 Å². The molecule has 1 aromatic heterocycles. The summed E-state index contributed by atoms with van der Waals surface area (Å²) in [6.45, 7) is 0.262. The molecule has 1 amide bonds. The van der Waals surface area contributed by atoms with Gasteiger partial charge in [0.2, 0.25) is 0 Å². The number of anilines is 1. The number of aryl methyl sites for hydroxylation is 1. The molecule has 0 aliphatic carbocycles. The zero-order chi connectivity index (χ0) is 14.5. The van der Waals surface area contributed by atoms with Crippen LogP contribution in [-0.2, 0) is 7.05 Å². The first-order valence-corrected chi connectivity index (χ1v) is 6.27. The number of benzene rings is 1. The molecule has 0 fully saturated rings. The monoisotopic (exact) mass is 288 g/mol. The average molecular weight is 289 g/mol. The summed E-state index contributed by atoms with van der Waals surface area (Å²) in [4.78, 5) is 12.0. The maximum Gasteiger partial charge on any atom is 0.256 e. The highest BCUT2D eigenvalue weighted by Gasteiger charge is 2.09. The molecule has 0 saturated heterocycles. The molecule has 20 heavy (non-hydrogen) atoms. The first-order chi connectivity index (χ1) is 9.60. The van der Waals surface area contributed by atoms with Gasteiger partial charge in [-0.05, 0) is 18.2 Å². The molecule has 0 bridgehead atoms. The quantitative estimate of drug-likeness (QED) is 0.825. The van der Waals surface area contributed by atoms with Crippen LogP contribution in [0.3, 0.4) is 0 Å². The normalized spacial score (nSPS) is 9.75. The van der Waals surface area contributed by atoms with Crippen molar-refractivity contribution in [2.75, 3.05) is 11.9 Å². The van der Waals surface area contributed by atoms with E-state index >= 15 is 0 Å². The molecule has 0 aliphatic heterocycles. The van der Waals surface area contributed by atoms with E-state index in [9.17, 15) is 4.79 Å². The number of nitrogens with two attached hydrogens (primary N) is 1. The van der Waals surface area contributed by atoms with Gasteiger partial charge in [0.15, 0.2) is 5.82 Å². The SMILES string of the molecule is Cn1ccc(NC(=O)c2ccc(C#CCN)c(Cl)c2)n1. The Balaban J connectivity index is 2.16. The summed E-state index contributed by atoms with van der Waals surface area (Å²) in [5, 5.41) is 7.17. The van der Waals surface area contributed by atoms with Gasteiger partial charge in [0.25, 0.3) is 5.91 Å². The lowest BCUT2D eigenvalue weighted by atomic mass is 10.1. The second-order valence-corrected chi connectivity index (χ2v) is 4.44. The van der Waals surface area contributed by atoms with Crippen molar-refractivity contribution >= 4 is 23.3 Å². The predicted octanol–water partition coefficient (Wildman–Crippen LogP) is 1.64. The minimum atomic E-state index is -0.274. The van der Waals surface area contributed by atoms with E-state index in [0.717, 1.165) is 0 Å². The fraction of sp³-hybridized carbons (Fsp3) is 0.143. The first-order valence-electron chi connectivity index (χ1n) is 5.89. The van der Waals surface area contributed by atoms with Crippen LogP contribution >= 0.6 is 11.6 Å². The van der Waals surface area contributed by atoms with Gasteiger partial charge in [-0.3, -0.25) is 9.48 Å². The minimum absolute atomic E-state index is 0.262. The standard InChI is InChI=1S/C14H13ClN4O/c1-19-8-6-13(18-19)17-14(20)11-5-4-10(3-2-7-16)12(15)9-11/h4-6,8-9H,7,16H2,1H3,(H,17,18,20). The predicted molar refractivity (Wildman–Crippen MR) is 78.5 cm³/mol. The zero-order valence-electron chi connectivity index (χ0n) is 10.9. The van der Waals surface area contributed by atoms with E-state index in [4.69, 9.17) is 17.3 Å². The van der Waals surface area contributed by atoms with Crippen LogP contribution in [0.15, 0.2) is 30.5 Å². The van der Waals surface area contributed by atoms with Gasteiger partial charge < -0.3 is 11.1 Å². The summed E-state index contributed by atoms with van der Waals surface area (Å²) < 4.78 is 1.61. The van der Waals surface area contributed by atoms with Crippen LogP contribution in [0.2, 0.25) is 5.02 Å². The highest BCUT2D eigenvalue weighted by atomic mass is 35.5. The number of nitrogens with one attached hydrogen (secondary N) is 1. The lowest BCUT2D eigenvalue weighted by Gasteiger charge is -2.03. The Labute approximate surface area is 121 Å². The molecule has 0 radical (unpaired) electrons. The number of amides is 1. The van der Waals surface area contributed by atoms with E-state index < -0.39 is 0 Å². The first kappa shape index (κ1) is 14.1. The van der Waals surface area contributed by atoms with E-state index in [2.05, 4.69) is 22.3 Å². The highest BCUT2D eigenvalue weighted by Crippen LogP contribution is 2.17. The topological polar surface area (TPSA) is 72.9 Å². The van der Waals surface area contributed by atoms with Crippen molar-refractivity contribution in [3.8, 4) is 11.8 Å². The number of rotatable bonds is 2. The number of hydrogen-bond donors (Lipinski definition) is 2. The number of carbonyl (C=O) groups is 1. The van der Waals surface area contributed by atoms with Crippen LogP contribution in [-0.4, -0.2) is 22.2 Å². The Hall–Kier alpha value is -2.29. The van der Waals surface area contributed by atoms with E-state index in [-0.39, 0.29) is 12.5 Å². The van der Waals surface area contributed by atoms with Crippen molar-refractivity contribution in [1.82, 2.24) is 9.78 Å². The Morgan fingerprint density at radius 1 is 1.50 bits per heavy atom. The third-order valence-corrected chi connectivity index (χ3v) is 2.82. The summed E-state index contributed by atoms with van der Waals surface area (Å²) in [6, 6.07) is 6.63. The molecule has 1 aromatic carbocycles. The third-order valence-electron chi connectivity index (χ3n) is 2.51. The fourth-order valence-electron chi connectivity index (χ4n) is 1.57. The summed E-state index contributed by atoms with van der Waals surface area (Å²) in [5.41, 5.74) is 6.39. The molecule has 0 saturated carbocycles. The molecule has 0 unspecified atom stereocenters. The third kappa shape index (κ3) is 3.38. The highest BCUT2D eigenvalue weighted by molar-refractivity contribution is 6.32. The zero-order valence-corrected chi connectivity index (χ0v) is 11.6. The Kier molecular flexibility index (Phi) is 4.41. The van der Waals surface area contributed by atoms with Crippen LogP contribution in [0, 0.1) is 11.8 Å². The van der Waals surface area contributed by atoms with Crippen LogP contribution in [0.1, 0.15) is 15.9 Å². The summed E-state index contributed by atoms with van der Waals surface area (Å²) in [7, 11) is 1.78. The number of carbonyl (C=O) groups excluding carboxylic acids is 1. The maximum absolute atomic E-state index is 12.0. The largest absolute Gasteiger partial charge is 0.320 e. The molecular formula is C14H13ClN4O. The Morgan fingerprint density at radius 3 is 2.90 bits per heavy atom. The van der Waals surface area contributed by atoms with Gasteiger partial charge in [-0.15, -0.1) is 0 Å². The van der Waals surface area contributed by atoms with Crippen molar-refractivity contribution in [1.29, 1.82) is 0 Å². The van der Waals surface area contributed by atoms with E-state index in [1.165, 1.54) is 0 Å². The van der Waals surface area contributed by atoms with Gasteiger partial charge in [0.05, 0.1) is 11.6 Å². The molecule has 3 N–H and O–H groups in total. The molecule has 0 atom stereocenters. The smallest absolute Gasteiger partial charge is 0.256 e. The number of hydrogen-bond acceptors (Lipinski definition) is 3. The van der Waals surface area contributed by atoms with Gasteiger partial charge in [0, 0.05) is 30.4 Å². The van der Waals surface area contributed by atoms with Crippen LogP contribution < -0.4 is 11.1 Å². The van der Waals surface area contributed by atoms with Gasteiger partial charge in [-0.25, -0.2) is 0 Å². The van der Waals surface area contributed by atoms with Crippen molar-refractivity contribution < 1.29 is 4.79 Å². The molecule has 5 nitrogen and oxygen atoms in total.